The van der Waals surface area contributed by atoms with Crippen molar-refractivity contribution >= 4 is 17.5 Å². The summed E-state index contributed by atoms with van der Waals surface area (Å²) in [6.07, 6.45) is 5.18. The van der Waals surface area contributed by atoms with Crippen LogP contribution in [-0.2, 0) is 28.9 Å². The minimum absolute atomic E-state index is 0.135. The third-order valence-electron chi connectivity index (χ3n) is 4.03. The molecule has 1 heterocycles. The van der Waals surface area contributed by atoms with Crippen LogP contribution in [0.4, 0.5) is 0 Å². The lowest BCUT2D eigenvalue weighted by molar-refractivity contribution is -0.121. The third-order valence-corrected chi connectivity index (χ3v) is 4.03. The van der Waals surface area contributed by atoms with Gasteiger partial charge in [0.05, 0.1) is 0 Å². The van der Waals surface area contributed by atoms with Crippen LogP contribution in [-0.4, -0.2) is 24.1 Å². The first-order valence-corrected chi connectivity index (χ1v) is 7.46. The molecule has 21 heavy (non-hydrogen) atoms. The zero-order valence-corrected chi connectivity index (χ0v) is 11.9. The average Bonchev–Trinajstić information content (AvgIpc) is 2.95. The van der Waals surface area contributed by atoms with E-state index in [1.807, 2.05) is 0 Å². The average molecular weight is 285 g/mol. The van der Waals surface area contributed by atoms with Crippen molar-refractivity contribution in [2.45, 2.75) is 38.5 Å². The number of hydrazone groups is 1. The van der Waals surface area contributed by atoms with Gasteiger partial charge in [0.1, 0.15) is 5.71 Å². The monoisotopic (exact) mass is 285 g/mol. The lowest BCUT2D eigenvalue weighted by atomic mass is 10.0. The highest BCUT2D eigenvalue weighted by molar-refractivity contribution is 6.39. The Labute approximate surface area is 123 Å². The van der Waals surface area contributed by atoms with Crippen LogP contribution in [0.25, 0.3) is 0 Å². The number of amides is 2. The second-order valence-electron chi connectivity index (χ2n) is 5.56. The number of rotatable bonds is 4. The van der Waals surface area contributed by atoms with Gasteiger partial charge in [-0.3, -0.25) is 9.59 Å². The van der Waals surface area contributed by atoms with Gasteiger partial charge in [-0.2, -0.15) is 5.10 Å². The van der Waals surface area contributed by atoms with Crippen LogP contribution >= 0.6 is 0 Å². The number of hydrogen-bond donors (Lipinski definition) is 2. The van der Waals surface area contributed by atoms with E-state index in [0.29, 0.717) is 25.1 Å². The molecule has 2 N–H and O–H groups in total. The van der Waals surface area contributed by atoms with Crippen LogP contribution in [0, 0.1) is 0 Å². The molecule has 2 amide bonds. The van der Waals surface area contributed by atoms with Gasteiger partial charge in [-0.1, -0.05) is 18.2 Å². The molecule has 2 aliphatic rings. The van der Waals surface area contributed by atoms with Crippen LogP contribution in [0.5, 0.6) is 0 Å². The molecule has 0 unspecified atom stereocenters. The van der Waals surface area contributed by atoms with E-state index in [2.05, 4.69) is 34.0 Å². The zero-order valence-electron chi connectivity index (χ0n) is 11.9. The van der Waals surface area contributed by atoms with Crippen molar-refractivity contribution in [1.29, 1.82) is 0 Å². The van der Waals surface area contributed by atoms with Crippen molar-refractivity contribution < 1.29 is 9.59 Å². The van der Waals surface area contributed by atoms with Gasteiger partial charge in [-0.25, -0.2) is 5.43 Å². The molecular weight excluding hydrogens is 266 g/mol. The van der Waals surface area contributed by atoms with E-state index < -0.39 is 0 Å². The molecule has 0 radical (unpaired) electrons. The predicted molar refractivity (Wildman–Crippen MR) is 80.0 cm³/mol. The number of benzene rings is 1. The van der Waals surface area contributed by atoms with Crippen molar-refractivity contribution in [3.63, 3.8) is 0 Å². The van der Waals surface area contributed by atoms with Gasteiger partial charge in [0.25, 0.3) is 5.91 Å². The Kier molecular flexibility index (Phi) is 3.99. The molecule has 0 bridgehead atoms. The SMILES string of the molecule is O=C1CCC(C(=O)NCCc2ccc3c(c2)CCC3)=NN1. The molecule has 0 fully saturated rings. The van der Waals surface area contributed by atoms with E-state index in [-0.39, 0.29) is 11.8 Å². The molecule has 3 rings (SSSR count). The van der Waals surface area contributed by atoms with Crippen LogP contribution in [0.3, 0.4) is 0 Å². The van der Waals surface area contributed by atoms with Gasteiger partial charge < -0.3 is 5.32 Å². The standard InChI is InChI=1S/C16H19N3O2/c20-15-7-6-14(18-19-15)16(21)17-9-8-11-4-5-12-2-1-3-13(12)10-11/h4-5,10H,1-3,6-9H2,(H,17,21)(H,19,20). The topological polar surface area (TPSA) is 70.6 Å². The molecule has 1 aliphatic carbocycles. The normalized spacial score (nSPS) is 17.0. The quantitative estimate of drug-likeness (QED) is 0.869. The number of nitrogens with zero attached hydrogens (tertiary/aromatic N) is 1. The number of aryl methyl sites for hydroxylation is 2. The largest absolute Gasteiger partial charge is 0.351 e. The smallest absolute Gasteiger partial charge is 0.267 e. The molecule has 0 saturated heterocycles. The first-order chi connectivity index (χ1) is 10.2. The third kappa shape index (κ3) is 3.29. The Morgan fingerprint density at radius 3 is 2.86 bits per heavy atom. The molecule has 0 saturated carbocycles. The minimum Gasteiger partial charge on any atom is -0.351 e. The molecular formula is C16H19N3O2. The van der Waals surface area contributed by atoms with E-state index in [9.17, 15) is 9.59 Å². The zero-order chi connectivity index (χ0) is 14.7. The first kappa shape index (κ1) is 13.8. The van der Waals surface area contributed by atoms with Crippen molar-refractivity contribution in [3.8, 4) is 0 Å². The van der Waals surface area contributed by atoms with Gasteiger partial charge in [-0.05, 0) is 42.4 Å². The fraction of sp³-hybridized carbons (Fsp3) is 0.438. The summed E-state index contributed by atoms with van der Waals surface area (Å²) in [5, 5.41) is 6.65. The van der Waals surface area contributed by atoms with Crippen LogP contribution in [0.15, 0.2) is 23.3 Å². The van der Waals surface area contributed by atoms with E-state index >= 15 is 0 Å². The maximum Gasteiger partial charge on any atom is 0.267 e. The maximum absolute atomic E-state index is 11.9. The van der Waals surface area contributed by atoms with Gasteiger partial charge in [0.2, 0.25) is 5.91 Å². The summed E-state index contributed by atoms with van der Waals surface area (Å²) in [4.78, 5) is 22.9. The van der Waals surface area contributed by atoms with Gasteiger partial charge >= 0.3 is 0 Å². The minimum atomic E-state index is -0.184. The second kappa shape index (κ2) is 6.08. The summed E-state index contributed by atoms with van der Waals surface area (Å²) < 4.78 is 0. The summed E-state index contributed by atoms with van der Waals surface area (Å²) in [7, 11) is 0. The lowest BCUT2D eigenvalue weighted by Gasteiger charge is -2.12. The van der Waals surface area contributed by atoms with E-state index in [0.717, 1.165) is 6.42 Å². The Morgan fingerprint density at radius 2 is 2.05 bits per heavy atom. The van der Waals surface area contributed by atoms with Crippen molar-refractivity contribution in [2.75, 3.05) is 6.54 Å². The summed E-state index contributed by atoms with van der Waals surface area (Å²) in [6, 6.07) is 6.61. The second-order valence-corrected chi connectivity index (χ2v) is 5.56. The summed E-state index contributed by atoms with van der Waals surface area (Å²) >= 11 is 0. The van der Waals surface area contributed by atoms with E-state index in [1.165, 1.54) is 36.0 Å². The highest BCUT2D eigenvalue weighted by atomic mass is 16.2. The fourth-order valence-electron chi connectivity index (χ4n) is 2.84. The van der Waals surface area contributed by atoms with E-state index in [4.69, 9.17) is 0 Å². The van der Waals surface area contributed by atoms with E-state index in [1.54, 1.807) is 0 Å². The van der Waals surface area contributed by atoms with Crippen LogP contribution in [0.1, 0.15) is 36.0 Å². The summed E-state index contributed by atoms with van der Waals surface area (Å²) in [5.74, 6) is -0.319. The molecule has 0 atom stereocenters. The molecule has 0 aromatic heterocycles. The highest BCUT2D eigenvalue weighted by Crippen LogP contribution is 2.22. The van der Waals surface area contributed by atoms with Gasteiger partial charge in [-0.15, -0.1) is 0 Å². The van der Waals surface area contributed by atoms with Crippen molar-refractivity contribution in [1.82, 2.24) is 10.7 Å². The molecule has 1 aliphatic heterocycles. The number of nitrogens with one attached hydrogen (secondary N) is 2. The number of carbonyl (C=O) groups excluding carboxylic acids is 2. The van der Waals surface area contributed by atoms with Crippen molar-refractivity contribution in [3.05, 3.63) is 34.9 Å². The van der Waals surface area contributed by atoms with Crippen LogP contribution in [0.2, 0.25) is 0 Å². The molecule has 110 valence electrons. The number of hydrogen-bond acceptors (Lipinski definition) is 3. The number of fused-ring (bicyclic) bond motifs is 1. The van der Waals surface area contributed by atoms with Gasteiger partial charge in [0.15, 0.2) is 0 Å². The fourth-order valence-corrected chi connectivity index (χ4v) is 2.84. The summed E-state index contributed by atoms with van der Waals surface area (Å²) in [5.41, 5.74) is 6.93. The van der Waals surface area contributed by atoms with Gasteiger partial charge in [0, 0.05) is 19.4 Å². The van der Waals surface area contributed by atoms with Crippen molar-refractivity contribution in [2.24, 2.45) is 5.10 Å². The summed E-state index contributed by atoms with van der Waals surface area (Å²) in [6.45, 7) is 0.588. The first-order valence-electron chi connectivity index (χ1n) is 7.46. The Bertz CT molecular complexity index is 608. The molecule has 5 heteroatoms. The molecule has 5 nitrogen and oxygen atoms in total. The molecule has 1 aromatic rings. The number of carbonyl (C=O) groups is 2. The highest BCUT2D eigenvalue weighted by Gasteiger charge is 2.17. The lowest BCUT2D eigenvalue weighted by Crippen LogP contribution is -2.37. The molecule has 1 aromatic carbocycles. The Balaban J connectivity index is 1.50. The predicted octanol–water partition coefficient (Wildman–Crippen LogP) is 1.10. The van der Waals surface area contributed by atoms with Crippen LogP contribution < -0.4 is 10.7 Å². The Morgan fingerprint density at radius 1 is 1.19 bits per heavy atom. The maximum atomic E-state index is 11.9. The molecule has 0 spiro atoms. The Hall–Kier alpha value is -2.17.